The molecule has 2 aromatic rings. The highest BCUT2D eigenvalue weighted by Crippen LogP contribution is 2.29. The minimum Gasteiger partial charge on any atom is -0.465 e. The molecule has 1 heterocycles. The number of carbonyl (C=O) groups is 2. The van der Waals surface area contributed by atoms with Crippen molar-refractivity contribution in [1.29, 1.82) is 5.26 Å². The van der Waals surface area contributed by atoms with Crippen molar-refractivity contribution in [2.45, 2.75) is 25.8 Å². The Morgan fingerprint density at radius 3 is 2.79 bits per heavy atom. The quantitative estimate of drug-likeness (QED) is 0.391. The average Bonchev–Trinajstić information content (AvgIpc) is 2.64. The highest BCUT2D eigenvalue weighted by Gasteiger charge is 2.18. The van der Waals surface area contributed by atoms with E-state index >= 15 is 0 Å². The molecule has 0 aliphatic rings. The fourth-order valence-electron chi connectivity index (χ4n) is 2.58. The maximum absolute atomic E-state index is 12.8. The number of nitrogens with one attached hydrogen (secondary N) is 1. The molecule has 1 aromatic heterocycles. The van der Waals surface area contributed by atoms with Crippen molar-refractivity contribution >= 4 is 40.8 Å². The van der Waals surface area contributed by atoms with Crippen LogP contribution < -0.4 is 5.32 Å². The minimum absolute atomic E-state index is 0.0579. The Bertz CT molecular complexity index is 941. The van der Waals surface area contributed by atoms with Gasteiger partial charge in [0.2, 0.25) is 0 Å². The molecule has 0 aliphatic carbocycles. The van der Waals surface area contributed by atoms with Gasteiger partial charge in [-0.05, 0) is 44.5 Å². The zero-order valence-electron chi connectivity index (χ0n) is 15.8. The molecular weight excluding hydrogens is 398 g/mol. The fourth-order valence-corrected chi connectivity index (χ4v) is 3.83. The summed E-state index contributed by atoms with van der Waals surface area (Å²) in [5.41, 5.74) is 2.81. The molecule has 28 heavy (non-hydrogen) atoms. The van der Waals surface area contributed by atoms with E-state index in [1.807, 2.05) is 19.9 Å². The third-order valence-corrected chi connectivity index (χ3v) is 5.07. The van der Waals surface area contributed by atoms with Crippen molar-refractivity contribution in [3.8, 4) is 6.07 Å². The maximum Gasteiger partial charge on any atom is 0.325 e. The number of esters is 1. The molecule has 2 rings (SSSR count). The van der Waals surface area contributed by atoms with Gasteiger partial charge in [0, 0.05) is 11.4 Å². The molecule has 0 fully saturated rings. The number of hydrogen-bond donors (Lipinski definition) is 1. The highest BCUT2D eigenvalue weighted by atomic mass is 35.5. The van der Waals surface area contributed by atoms with Crippen molar-refractivity contribution in [2.24, 2.45) is 0 Å². The van der Waals surface area contributed by atoms with Gasteiger partial charge in [0.05, 0.1) is 28.5 Å². The van der Waals surface area contributed by atoms with Crippen LogP contribution in [0, 0.1) is 25.2 Å². The van der Waals surface area contributed by atoms with Crippen LogP contribution in [0.1, 0.15) is 34.1 Å². The summed E-state index contributed by atoms with van der Waals surface area (Å²) in [6.45, 7) is 5.61. The number of hydrogen-bond acceptors (Lipinski definition) is 7. The second kappa shape index (κ2) is 10.1. The molecular formula is C20H20ClN3O3S. The first-order valence-electron chi connectivity index (χ1n) is 8.59. The number of aromatic nitrogens is 1. The summed E-state index contributed by atoms with van der Waals surface area (Å²) in [6.07, 6.45) is 0. The molecule has 8 heteroatoms. The molecule has 0 unspecified atom stereocenters. The van der Waals surface area contributed by atoms with Gasteiger partial charge < -0.3 is 10.1 Å². The lowest BCUT2D eigenvalue weighted by atomic mass is 10.1. The lowest BCUT2D eigenvalue weighted by molar-refractivity contribution is -0.140. The summed E-state index contributed by atoms with van der Waals surface area (Å²) in [4.78, 5) is 28.8. The van der Waals surface area contributed by atoms with Crippen LogP contribution in [0.25, 0.3) is 0 Å². The summed E-state index contributed by atoms with van der Waals surface area (Å²) in [5.74, 6) is -0.595. The van der Waals surface area contributed by atoms with E-state index in [0.717, 1.165) is 11.3 Å². The standard InChI is InChI=1S/C20H20ClN3O3S/c1-4-27-18(26)10-23-16-7-5-6-15(21)19(16)17(25)11-28-20-14(9-22)12(2)8-13(3)24-20/h5-8,23H,4,10-11H2,1-3H3. The molecule has 0 spiro atoms. The number of ether oxygens (including phenoxy) is 1. The lowest BCUT2D eigenvalue weighted by Gasteiger charge is -2.13. The Balaban J connectivity index is 2.19. The summed E-state index contributed by atoms with van der Waals surface area (Å²) >= 11 is 7.43. The minimum atomic E-state index is -0.423. The predicted molar refractivity (Wildman–Crippen MR) is 110 cm³/mol. The number of nitriles is 1. The summed E-state index contributed by atoms with van der Waals surface area (Å²) in [7, 11) is 0. The van der Waals surface area contributed by atoms with Crippen molar-refractivity contribution in [2.75, 3.05) is 24.2 Å². The zero-order chi connectivity index (χ0) is 20.7. The number of Topliss-reactive ketones (excluding diaryl/α,β-unsaturated/α-hetero) is 1. The first-order valence-corrected chi connectivity index (χ1v) is 9.96. The number of halogens is 1. The second-order valence-corrected chi connectivity index (χ2v) is 7.28. The normalized spacial score (nSPS) is 10.2. The van der Waals surface area contributed by atoms with Gasteiger partial charge in [0.15, 0.2) is 5.78 Å². The molecule has 1 N–H and O–H groups in total. The number of aryl methyl sites for hydroxylation is 2. The van der Waals surface area contributed by atoms with E-state index in [9.17, 15) is 14.9 Å². The molecule has 0 aliphatic heterocycles. The first-order chi connectivity index (χ1) is 13.4. The fraction of sp³-hybridized carbons (Fsp3) is 0.300. The van der Waals surface area contributed by atoms with Gasteiger partial charge in [-0.3, -0.25) is 9.59 Å². The Morgan fingerprint density at radius 1 is 1.36 bits per heavy atom. The van der Waals surface area contributed by atoms with E-state index in [1.165, 1.54) is 11.8 Å². The van der Waals surface area contributed by atoms with Gasteiger partial charge in [-0.1, -0.05) is 29.4 Å². The molecule has 146 valence electrons. The Morgan fingerprint density at radius 2 is 2.11 bits per heavy atom. The van der Waals surface area contributed by atoms with Gasteiger partial charge in [0.25, 0.3) is 0 Å². The monoisotopic (exact) mass is 417 g/mol. The predicted octanol–water partition coefficient (Wildman–Crippen LogP) is 4.17. The first kappa shape index (κ1) is 21.7. The van der Waals surface area contributed by atoms with E-state index in [4.69, 9.17) is 16.3 Å². The number of rotatable bonds is 8. The van der Waals surface area contributed by atoms with Crippen molar-refractivity contribution in [1.82, 2.24) is 4.98 Å². The third-order valence-electron chi connectivity index (χ3n) is 3.78. The number of carbonyl (C=O) groups excluding carboxylic acids is 2. The van der Waals surface area contributed by atoms with Crippen molar-refractivity contribution in [3.63, 3.8) is 0 Å². The number of benzene rings is 1. The molecule has 0 saturated heterocycles. The van der Waals surface area contributed by atoms with Gasteiger partial charge in [-0.25, -0.2) is 4.98 Å². The molecule has 0 radical (unpaired) electrons. The van der Waals surface area contributed by atoms with E-state index in [-0.39, 0.29) is 29.7 Å². The lowest BCUT2D eigenvalue weighted by Crippen LogP contribution is -2.18. The van der Waals surface area contributed by atoms with Crippen LogP contribution in [0.2, 0.25) is 5.02 Å². The smallest absolute Gasteiger partial charge is 0.325 e. The second-order valence-electron chi connectivity index (χ2n) is 5.91. The maximum atomic E-state index is 12.8. The van der Waals surface area contributed by atoms with Crippen molar-refractivity contribution < 1.29 is 14.3 Å². The van der Waals surface area contributed by atoms with Crippen LogP contribution in [0.4, 0.5) is 5.69 Å². The molecule has 0 bridgehead atoms. The topological polar surface area (TPSA) is 92.1 Å². The van der Waals surface area contributed by atoms with Gasteiger partial charge in [0.1, 0.15) is 17.6 Å². The molecule has 1 aromatic carbocycles. The Labute approximate surface area is 173 Å². The van der Waals surface area contributed by atoms with E-state index in [0.29, 0.717) is 21.8 Å². The Kier molecular flexibility index (Phi) is 7.85. The summed E-state index contributed by atoms with van der Waals surface area (Å²) in [6, 6.07) is 8.96. The van der Waals surface area contributed by atoms with Gasteiger partial charge in [-0.2, -0.15) is 5.26 Å². The number of anilines is 1. The number of thioether (sulfide) groups is 1. The zero-order valence-corrected chi connectivity index (χ0v) is 17.4. The molecule has 0 saturated carbocycles. The molecule has 0 amide bonds. The van der Waals surface area contributed by atoms with Crippen LogP contribution in [-0.2, 0) is 9.53 Å². The van der Waals surface area contributed by atoms with Crippen LogP contribution in [0.3, 0.4) is 0 Å². The summed E-state index contributed by atoms with van der Waals surface area (Å²) < 4.78 is 4.89. The SMILES string of the molecule is CCOC(=O)CNc1cccc(Cl)c1C(=O)CSc1nc(C)cc(C)c1C#N. The Hall–Kier alpha value is -2.56. The largest absolute Gasteiger partial charge is 0.465 e. The van der Waals surface area contributed by atoms with Crippen molar-refractivity contribution in [3.05, 3.63) is 51.7 Å². The highest BCUT2D eigenvalue weighted by molar-refractivity contribution is 8.00. The van der Waals surface area contributed by atoms with Crippen LogP contribution in [0.15, 0.2) is 29.3 Å². The van der Waals surface area contributed by atoms with E-state index in [1.54, 1.807) is 25.1 Å². The number of nitrogens with zero attached hydrogens (tertiary/aromatic N) is 2. The van der Waals surface area contributed by atoms with E-state index in [2.05, 4.69) is 16.4 Å². The van der Waals surface area contributed by atoms with Crippen LogP contribution in [0.5, 0.6) is 0 Å². The van der Waals surface area contributed by atoms with Crippen LogP contribution in [-0.4, -0.2) is 35.6 Å². The van der Waals surface area contributed by atoms with Gasteiger partial charge >= 0.3 is 5.97 Å². The van der Waals surface area contributed by atoms with Crippen LogP contribution >= 0.6 is 23.4 Å². The number of pyridine rings is 1. The van der Waals surface area contributed by atoms with Gasteiger partial charge in [-0.15, -0.1) is 0 Å². The van der Waals surface area contributed by atoms with E-state index < -0.39 is 5.97 Å². The number of ketones is 1. The third kappa shape index (κ3) is 5.47. The molecule has 6 nitrogen and oxygen atoms in total. The average molecular weight is 418 g/mol. The molecule has 0 atom stereocenters. The summed E-state index contributed by atoms with van der Waals surface area (Å²) in [5, 5.41) is 13.1.